The number of carbonyl (C=O) groups is 1. The van der Waals surface area contributed by atoms with Crippen LogP contribution in [0.1, 0.15) is 24.5 Å². The minimum atomic E-state index is -0.792. The fourth-order valence-corrected chi connectivity index (χ4v) is 2.90. The number of halogens is 1. The number of aliphatic hydroxyl groups excluding tert-OH is 1. The van der Waals surface area contributed by atoms with Gasteiger partial charge in [-0.05, 0) is 42.0 Å². The van der Waals surface area contributed by atoms with E-state index in [1.165, 1.54) is 12.1 Å². The van der Waals surface area contributed by atoms with Crippen LogP contribution >= 0.6 is 0 Å². The van der Waals surface area contributed by atoms with Crippen molar-refractivity contribution in [1.82, 2.24) is 0 Å². The molecule has 0 aliphatic rings. The summed E-state index contributed by atoms with van der Waals surface area (Å²) in [4.78, 5) is 12.4. The van der Waals surface area contributed by atoms with Crippen LogP contribution in [0.5, 0.6) is 5.75 Å². The van der Waals surface area contributed by atoms with Gasteiger partial charge < -0.3 is 14.9 Å². The molecule has 0 radical (unpaired) electrons. The van der Waals surface area contributed by atoms with Crippen molar-refractivity contribution in [3.8, 4) is 5.75 Å². The summed E-state index contributed by atoms with van der Waals surface area (Å²) in [5.74, 6) is -1.26. The highest BCUT2D eigenvalue weighted by Gasteiger charge is 2.19. The predicted molar refractivity (Wildman–Crippen MR) is 101 cm³/mol. The number of benzene rings is 3. The number of anilines is 1. The van der Waals surface area contributed by atoms with Crippen LogP contribution in [-0.2, 0) is 4.74 Å². The van der Waals surface area contributed by atoms with Crippen LogP contribution in [0.25, 0.3) is 10.8 Å². The molecule has 0 fully saturated rings. The van der Waals surface area contributed by atoms with Crippen molar-refractivity contribution < 1.29 is 24.1 Å². The standard InChI is InChI=1S/C21H20FNO4/c22-17-13-15(10-11-19(17)25)20(9-4-12-24)27-21(26)23-18-8-3-6-14-5-1-2-7-16(14)18/h1-3,5-8,10-11,13,20,24-25H,4,9,12H2,(H,23,26)/t20-/m0/s1. The van der Waals surface area contributed by atoms with E-state index in [-0.39, 0.29) is 6.61 Å². The van der Waals surface area contributed by atoms with Gasteiger partial charge in [-0.25, -0.2) is 9.18 Å². The molecule has 3 aromatic rings. The average molecular weight is 369 g/mol. The van der Waals surface area contributed by atoms with Gasteiger partial charge in [0.1, 0.15) is 6.10 Å². The molecule has 3 N–H and O–H groups in total. The van der Waals surface area contributed by atoms with Gasteiger partial charge >= 0.3 is 6.09 Å². The molecule has 0 saturated heterocycles. The number of fused-ring (bicyclic) bond motifs is 1. The van der Waals surface area contributed by atoms with E-state index in [1.54, 1.807) is 6.07 Å². The lowest BCUT2D eigenvalue weighted by Gasteiger charge is -2.19. The SMILES string of the molecule is O=C(Nc1cccc2ccccc12)O[C@@H](CCCO)c1ccc(O)c(F)c1. The second-order valence-electron chi connectivity index (χ2n) is 6.12. The Balaban J connectivity index is 1.78. The Kier molecular flexibility index (Phi) is 5.88. The van der Waals surface area contributed by atoms with E-state index in [4.69, 9.17) is 9.84 Å². The molecule has 27 heavy (non-hydrogen) atoms. The molecule has 0 aliphatic heterocycles. The van der Waals surface area contributed by atoms with Crippen LogP contribution < -0.4 is 5.32 Å². The molecule has 0 aromatic heterocycles. The van der Waals surface area contributed by atoms with E-state index in [2.05, 4.69) is 5.32 Å². The number of amides is 1. The molecule has 3 aromatic carbocycles. The quantitative estimate of drug-likeness (QED) is 0.586. The molecule has 5 nitrogen and oxygen atoms in total. The molecule has 0 bridgehead atoms. The fourth-order valence-electron chi connectivity index (χ4n) is 2.90. The van der Waals surface area contributed by atoms with E-state index < -0.39 is 23.8 Å². The molecule has 1 amide bonds. The first-order chi connectivity index (χ1) is 13.1. The maximum atomic E-state index is 13.7. The second kappa shape index (κ2) is 8.51. The largest absolute Gasteiger partial charge is 0.505 e. The molecule has 0 spiro atoms. The van der Waals surface area contributed by atoms with E-state index in [1.807, 2.05) is 36.4 Å². The van der Waals surface area contributed by atoms with Gasteiger partial charge in [0.15, 0.2) is 11.6 Å². The van der Waals surface area contributed by atoms with E-state index in [0.717, 1.165) is 16.8 Å². The minimum Gasteiger partial charge on any atom is -0.505 e. The van der Waals surface area contributed by atoms with Gasteiger partial charge in [-0.2, -0.15) is 0 Å². The van der Waals surface area contributed by atoms with Crippen LogP contribution in [0, 0.1) is 5.82 Å². The summed E-state index contributed by atoms with van der Waals surface area (Å²) in [6.07, 6.45) is -0.719. The molecule has 3 rings (SSSR count). The first kappa shape index (κ1) is 18.7. The summed E-state index contributed by atoms with van der Waals surface area (Å²) < 4.78 is 19.1. The zero-order valence-electron chi connectivity index (χ0n) is 14.6. The lowest BCUT2D eigenvalue weighted by molar-refractivity contribution is 0.0993. The molecule has 0 aliphatic carbocycles. The number of ether oxygens (including phenoxy) is 1. The maximum absolute atomic E-state index is 13.7. The van der Waals surface area contributed by atoms with Crippen molar-refractivity contribution in [2.75, 3.05) is 11.9 Å². The summed E-state index contributed by atoms with van der Waals surface area (Å²) >= 11 is 0. The predicted octanol–water partition coefficient (Wildman–Crippen LogP) is 4.75. The van der Waals surface area contributed by atoms with Crippen molar-refractivity contribution in [3.63, 3.8) is 0 Å². The number of phenols is 1. The van der Waals surface area contributed by atoms with Crippen LogP contribution in [0.2, 0.25) is 0 Å². The van der Waals surface area contributed by atoms with Gasteiger partial charge in [0.2, 0.25) is 0 Å². The Morgan fingerprint density at radius 3 is 2.67 bits per heavy atom. The van der Waals surface area contributed by atoms with E-state index >= 15 is 0 Å². The molecule has 140 valence electrons. The molecule has 0 heterocycles. The number of carbonyl (C=O) groups excluding carboxylic acids is 1. The van der Waals surface area contributed by atoms with Crippen molar-refractivity contribution in [2.45, 2.75) is 18.9 Å². The van der Waals surface area contributed by atoms with Crippen molar-refractivity contribution in [1.29, 1.82) is 0 Å². The molecular formula is C21H20FNO4. The number of nitrogens with one attached hydrogen (secondary N) is 1. The lowest BCUT2D eigenvalue weighted by atomic mass is 10.0. The molecule has 0 saturated carbocycles. The average Bonchev–Trinajstić information content (AvgIpc) is 2.67. The van der Waals surface area contributed by atoms with Gasteiger partial charge in [-0.3, -0.25) is 5.32 Å². The third-order valence-electron chi connectivity index (χ3n) is 4.24. The van der Waals surface area contributed by atoms with Gasteiger partial charge in [-0.1, -0.05) is 42.5 Å². The molecule has 6 heteroatoms. The zero-order chi connectivity index (χ0) is 19.2. The van der Waals surface area contributed by atoms with Crippen molar-refractivity contribution >= 4 is 22.6 Å². The number of aromatic hydroxyl groups is 1. The number of hydrogen-bond acceptors (Lipinski definition) is 4. The van der Waals surface area contributed by atoms with Crippen molar-refractivity contribution in [2.24, 2.45) is 0 Å². The number of aliphatic hydroxyl groups is 1. The Morgan fingerprint density at radius 1 is 1.11 bits per heavy atom. The topological polar surface area (TPSA) is 78.8 Å². The summed E-state index contributed by atoms with van der Waals surface area (Å²) in [7, 11) is 0. The first-order valence-corrected chi connectivity index (χ1v) is 8.63. The third-order valence-corrected chi connectivity index (χ3v) is 4.24. The Morgan fingerprint density at radius 2 is 1.89 bits per heavy atom. The normalized spacial score (nSPS) is 11.9. The Labute approximate surface area is 156 Å². The highest BCUT2D eigenvalue weighted by molar-refractivity contribution is 6.00. The lowest BCUT2D eigenvalue weighted by Crippen LogP contribution is -2.18. The van der Waals surface area contributed by atoms with Crippen LogP contribution in [0.3, 0.4) is 0 Å². The van der Waals surface area contributed by atoms with Crippen LogP contribution in [-0.4, -0.2) is 22.9 Å². The Bertz CT molecular complexity index is 939. The fraction of sp³-hybridized carbons (Fsp3) is 0.190. The molecule has 1 atom stereocenters. The highest BCUT2D eigenvalue weighted by atomic mass is 19.1. The van der Waals surface area contributed by atoms with Crippen LogP contribution in [0.4, 0.5) is 14.9 Å². The van der Waals surface area contributed by atoms with E-state index in [0.29, 0.717) is 24.1 Å². The van der Waals surface area contributed by atoms with Crippen LogP contribution in [0.15, 0.2) is 60.7 Å². The van der Waals surface area contributed by atoms with Crippen molar-refractivity contribution in [3.05, 3.63) is 72.0 Å². The molecule has 0 unspecified atom stereocenters. The summed E-state index contributed by atoms with van der Waals surface area (Å²) in [6, 6.07) is 17.0. The van der Waals surface area contributed by atoms with Gasteiger partial charge in [0.25, 0.3) is 0 Å². The number of hydrogen-bond donors (Lipinski definition) is 3. The highest BCUT2D eigenvalue weighted by Crippen LogP contribution is 2.28. The number of phenolic OH excluding ortho intramolecular Hbond substituents is 1. The zero-order valence-corrected chi connectivity index (χ0v) is 14.6. The smallest absolute Gasteiger partial charge is 0.412 e. The number of rotatable bonds is 6. The summed E-state index contributed by atoms with van der Waals surface area (Å²) in [5.41, 5.74) is 1.02. The summed E-state index contributed by atoms with van der Waals surface area (Å²) in [6.45, 7) is -0.0780. The van der Waals surface area contributed by atoms with E-state index in [9.17, 15) is 14.3 Å². The Hall–Kier alpha value is -3.12. The van der Waals surface area contributed by atoms with Gasteiger partial charge in [0.05, 0.1) is 5.69 Å². The molecular weight excluding hydrogens is 349 g/mol. The minimum absolute atomic E-state index is 0.0780. The van der Waals surface area contributed by atoms with Gasteiger partial charge in [0, 0.05) is 12.0 Å². The van der Waals surface area contributed by atoms with Gasteiger partial charge in [-0.15, -0.1) is 0 Å². The monoisotopic (exact) mass is 369 g/mol. The maximum Gasteiger partial charge on any atom is 0.412 e. The summed E-state index contributed by atoms with van der Waals surface area (Å²) in [5, 5.41) is 23.0. The second-order valence-corrected chi connectivity index (χ2v) is 6.12. The first-order valence-electron chi connectivity index (χ1n) is 8.63. The third kappa shape index (κ3) is 4.54.